The van der Waals surface area contributed by atoms with Crippen LogP contribution in [0.2, 0.25) is 0 Å². The number of ether oxygens (including phenoxy) is 1. The number of amides is 3. The molecule has 0 aromatic rings. The first-order chi connectivity index (χ1) is 7.63. The Balaban J connectivity index is 2.07. The van der Waals surface area contributed by atoms with Crippen molar-refractivity contribution in [3.05, 3.63) is 0 Å². The van der Waals surface area contributed by atoms with Crippen LogP contribution < -0.4 is 5.32 Å². The van der Waals surface area contributed by atoms with Gasteiger partial charge in [-0.25, -0.2) is 9.69 Å². The van der Waals surface area contributed by atoms with Gasteiger partial charge in [0, 0.05) is 19.4 Å². The van der Waals surface area contributed by atoms with E-state index in [1.807, 2.05) is 0 Å². The first-order valence-electron chi connectivity index (χ1n) is 5.17. The highest BCUT2D eigenvalue weighted by molar-refractivity contribution is 5.97. The van der Waals surface area contributed by atoms with E-state index in [4.69, 9.17) is 9.84 Å². The molecule has 0 spiro atoms. The van der Waals surface area contributed by atoms with E-state index in [-0.39, 0.29) is 25.4 Å². The first-order valence-corrected chi connectivity index (χ1v) is 5.17. The molecule has 0 aromatic carbocycles. The van der Waals surface area contributed by atoms with Crippen LogP contribution in [-0.4, -0.2) is 58.6 Å². The maximum Gasteiger partial charge on any atom is 0.326 e. The summed E-state index contributed by atoms with van der Waals surface area (Å²) in [6.45, 7) is -0.00577. The molecular formula is C9H14N2O5. The quantitative estimate of drug-likeness (QED) is 0.530. The zero-order chi connectivity index (χ0) is 11.7. The lowest BCUT2D eigenvalue weighted by molar-refractivity contribution is -0.141. The summed E-state index contributed by atoms with van der Waals surface area (Å²) in [5, 5.41) is 20.9. The van der Waals surface area contributed by atoms with E-state index in [9.17, 15) is 14.7 Å². The molecule has 2 saturated heterocycles. The summed E-state index contributed by atoms with van der Waals surface area (Å²) >= 11 is 0. The number of carbonyl (C=O) groups excluding carboxylic acids is 2. The molecule has 3 N–H and O–H groups in total. The number of aliphatic hydroxyl groups excluding tert-OH is 2. The van der Waals surface area contributed by atoms with Crippen LogP contribution in [0.15, 0.2) is 0 Å². The van der Waals surface area contributed by atoms with Crippen molar-refractivity contribution >= 4 is 11.9 Å². The van der Waals surface area contributed by atoms with Crippen molar-refractivity contribution in [3.8, 4) is 0 Å². The zero-order valence-electron chi connectivity index (χ0n) is 8.63. The van der Waals surface area contributed by atoms with Gasteiger partial charge < -0.3 is 20.3 Å². The third kappa shape index (κ3) is 1.89. The minimum absolute atomic E-state index is 0.143. The number of carbonyl (C=O) groups is 2. The van der Waals surface area contributed by atoms with Crippen molar-refractivity contribution < 1.29 is 24.5 Å². The molecule has 3 amide bonds. The van der Waals surface area contributed by atoms with Gasteiger partial charge in [-0.2, -0.15) is 0 Å². The number of nitrogens with zero attached hydrogens (tertiary/aromatic N) is 1. The van der Waals surface area contributed by atoms with Gasteiger partial charge in [-0.1, -0.05) is 0 Å². The van der Waals surface area contributed by atoms with E-state index >= 15 is 0 Å². The highest BCUT2D eigenvalue weighted by atomic mass is 16.5. The van der Waals surface area contributed by atoms with Crippen LogP contribution in [-0.2, 0) is 9.53 Å². The molecule has 90 valence electrons. The Morgan fingerprint density at radius 3 is 2.81 bits per heavy atom. The van der Waals surface area contributed by atoms with Crippen LogP contribution in [0, 0.1) is 0 Å². The van der Waals surface area contributed by atoms with Crippen molar-refractivity contribution in [1.82, 2.24) is 10.2 Å². The number of nitrogens with one attached hydrogen (secondary N) is 1. The fourth-order valence-electron chi connectivity index (χ4n) is 1.92. The maximum atomic E-state index is 11.5. The summed E-state index contributed by atoms with van der Waals surface area (Å²) in [6, 6.07) is -0.507. The second-order valence-corrected chi connectivity index (χ2v) is 3.86. The van der Waals surface area contributed by atoms with Crippen molar-refractivity contribution in [2.24, 2.45) is 0 Å². The van der Waals surface area contributed by atoms with Gasteiger partial charge in [-0.05, 0) is 0 Å². The highest BCUT2D eigenvalue weighted by Crippen LogP contribution is 2.24. The molecule has 2 heterocycles. The van der Waals surface area contributed by atoms with Gasteiger partial charge in [0.05, 0.1) is 12.7 Å². The predicted octanol–water partition coefficient (Wildman–Crippen LogP) is -1.60. The molecule has 2 fully saturated rings. The summed E-state index contributed by atoms with van der Waals surface area (Å²) in [7, 11) is 0. The van der Waals surface area contributed by atoms with Crippen LogP contribution >= 0.6 is 0 Å². The number of urea groups is 1. The Hall–Kier alpha value is -1.18. The van der Waals surface area contributed by atoms with Crippen molar-refractivity contribution in [1.29, 1.82) is 0 Å². The monoisotopic (exact) mass is 230 g/mol. The third-order valence-corrected chi connectivity index (χ3v) is 2.77. The molecular weight excluding hydrogens is 216 g/mol. The zero-order valence-corrected chi connectivity index (χ0v) is 8.63. The fraction of sp³-hybridized carbons (Fsp3) is 0.778. The van der Waals surface area contributed by atoms with Crippen molar-refractivity contribution in [2.45, 2.75) is 31.3 Å². The Kier molecular flexibility index (Phi) is 3.08. The Morgan fingerprint density at radius 2 is 2.25 bits per heavy atom. The molecule has 0 aromatic heterocycles. The molecule has 0 unspecified atom stereocenters. The molecule has 0 aliphatic carbocycles. The van der Waals surface area contributed by atoms with Crippen LogP contribution in [0.25, 0.3) is 0 Å². The topological polar surface area (TPSA) is 99.1 Å². The Labute approximate surface area is 92.0 Å². The Bertz CT molecular complexity index is 292. The van der Waals surface area contributed by atoms with E-state index in [2.05, 4.69) is 5.32 Å². The van der Waals surface area contributed by atoms with Crippen LogP contribution in [0.5, 0.6) is 0 Å². The summed E-state index contributed by atoms with van der Waals surface area (Å²) in [4.78, 5) is 24.0. The van der Waals surface area contributed by atoms with Gasteiger partial charge in [-0.15, -0.1) is 0 Å². The lowest BCUT2D eigenvalue weighted by atomic mass is 10.2. The minimum atomic E-state index is -0.850. The van der Waals surface area contributed by atoms with Gasteiger partial charge >= 0.3 is 6.03 Å². The second kappa shape index (κ2) is 4.36. The van der Waals surface area contributed by atoms with Crippen LogP contribution in [0.1, 0.15) is 12.8 Å². The molecule has 0 bridgehead atoms. The average molecular weight is 230 g/mol. The van der Waals surface area contributed by atoms with Gasteiger partial charge in [0.1, 0.15) is 12.3 Å². The standard InChI is InChI=1S/C9H14N2O5/c12-4-6-5(13)3-8(16-6)11-7(14)1-2-10-9(11)15/h5-6,8,12-13H,1-4H2,(H,10,15)/t5-,6+,8+/m0/s1. The molecule has 3 atom stereocenters. The van der Waals surface area contributed by atoms with Crippen molar-refractivity contribution in [2.75, 3.05) is 13.2 Å². The third-order valence-electron chi connectivity index (χ3n) is 2.77. The van der Waals surface area contributed by atoms with E-state index in [0.717, 1.165) is 4.90 Å². The average Bonchev–Trinajstić information content (AvgIpc) is 2.59. The number of imide groups is 1. The lowest BCUT2D eigenvalue weighted by Crippen LogP contribution is -2.54. The molecule has 0 radical (unpaired) electrons. The summed E-state index contributed by atoms with van der Waals surface area (Å²) in [6.07, 6.45) is -1.99. The van der Waals surface area contributed by atoms with Gasteiger partial charge in [0.25, 0.3) is 0 Å². The smallest absolute Gasteiger partial charge is 0.326 e. The molecule has 2 rings (SSSR count). The first kappa shape index (κ1) is 11.3. The van der Waals surface area contributed by atoms with Gasteiger partial charge in [-0.3, -0.25) is 4.79 Å². The highest BCUT2D eigenvalue weighted by Gasteiger charge is 2.42. The number of hydrogen-bond acceptors (Lipinski definition) is 5. The number of aliphatic hydroxyl groups is 2. The normalized spacial score (nSPS) is 35.4. The SMILES string of the molecule is O=C1CCNC(=O)N1[C@H]1C[C@H](O)[C@@H](CO)O1. The molecule has 2 aliphatic heterocycles. The van der Waals surface area contributed by atoms with E-state index in [0.29, 0.717) is 6.54 Å². The molecule has 16 heavy (non-hydrogen) atoms. The van der Waals surface area contributed by atoms with E-state index in [1.54, 1.807) is 0 Å². The summed E-state index contributed by atoms with van der Waals surface area (Å²) in [5.41, 5.74) is 0. The number of hydrogen-bond donors (Lipinski definition) is 3. The fourth-order valence-corrected chi connectivity index (χ4v) is 1.92. The van der Waals surface area contributed by atoms with Gasteiger partial charge in [0.2, 0.25) is 5.91 Å². The molecule has 2 aliphatic rings. The predicted molar refractivity (Wildman–Crippen MR) is 51.2 cm³/mol. The lowest BCUT2D eigenvalue weighted by Gasteiger charge is -2.30. The van der Waals surface area contributed by atoms with E-state index in [1.165, 1.54) is 0 Å². The molecule has 0 saturated carbocycles. The van der Waals surface area contributed by atoms with Crippen molar-refractivity contribution in [3.63, 3.8) is 0 Å². The van der Waals surface area contributed by atoms with Gasteiger partial charge in [0.15, 0.2) is 0 Å². The largest absolute Gasteiger partial charge is 0.394 e. The maximum absolute atomic E-state index is 11.5. The van der Waals surface area contributed by atoms with E-state index < -0.39 is 24.5 Å². The van der Waals surface area contributed by atoms with Crippen LogP contribution in [0.3, 0.4) is 0 Å². The molecule has 7 heteroatoms. The number of rotatable bonds is 2. The summed E-state index contributed by atoms with van der Waals surface area (Å²) < 4.78 is 5.25. The Morgan fingerprint density at radius 1 is 1.50 bits per heavy atom. The van der Waals surface area contributed by atoms with Crippen LogP contribution in [0.4, 0.5) is 4.79 Å². The minimum Gasteiger partial charge on any atom is -0.394 e. The molecule has 7 nitrogen and oxygen atoms in total. The summed E-state index contributed by atoms with van der Waals surface area (Å²) in [5.74, 6) is -0.320. The second-order valence-electron chi connectivity index (χ2n) is 3.86.